The fraction of sp³-hybridized carbons (Fsp3) is 0.632. The molecular formula is C19H27F3N2O2. The summed E-state index contributed by atoms with van der Waals surface area (Å²) in [5.41, 5.74) is 2.23. The highest BCUT2D eigenvalue weighted by molar-refractivity contribution is 5.76. The van der Waals surface area contributed by atoms with E-state index in [9.17, 15) is 18.0 Å². The number of carbonyl (C=O) groups is 1. The van der Waals surface area contributed by atoms with Crippen LogP contribution in [-0.4, -0.2) is 43.3 Å². The van der Waals surface area contributed by atoms with Crippen LogP contribution in [0, 0.1) is 0 Å². The average molecular weight is 372 g/mol. The highest BCUT2D eigenvalue weighted by Crippen LogP contribution is 2.16. The molecule has 1 heterocycles. The molecule has 0 unspecified atom stereocenters. The van der Waals surface area contributed by atoms with Gasteiger partial charge in [0.1, 0.15) is 6.61 Å². The van der Waals surface area contributed by atoms with Crippen LogP contribution in [0.4, 0.5) is 13.2 Å². The number of rotatable bonds is 8. The van der Waals surface area contributed by atoms with Crippen LogP contribution < -0.4 is 5.32 Å². The fourth-order valence-corrected chi connectivity index (χ4v) is 3.05. The number of hydrogen-bond donors (Lipinski definition) is 1. The van der Waals surface area contributed by atoms with Crippen LogP contribution in [0.3, 0.4) is 0 Å². The first-order chi connectivity index (χ1) is 12.4. The van der Waals surface area contributed by atoms with Crippen LogP contribution in [0.2, 0.25) is 0 Å². The van der Waals surface area contributed by atoms with Crippen LogP contribution in [0.15, 0.2) is 24.3 Å². The molecule has 2 rings (SSSR count). The molecule has 1 aliphatic heterocycles. The highest BCUT2D eigenvalue weighted by atomic mass is 19.4. The van der Waals surface area contributed by atoms with E-state index in [0.29, 0.717) is 6.54 Å². The number of ether oxygens (including phenoxy) is 1. The summed E-state index contributed by atoms with van der Waals surface area (Å²) in [5.74, 6) is -0.309. The van der Waals surface area contributed by atoms with Gasteiger partial charge in [-0.1, -0.05) is 37.1 Å². The molecule has 1 amide bonds. The molecular weight excluding hydrogens is 345 g/mol. The summed E-state index contributed by atoms with van der Waals surface area (Å²) in [6.07, 6.45) is 0.565. The Morgan fingerprint density at radius 1 is 1.08 bits per heavy atom. The molecule has 1 saturated heterocycles. The molecule has 4 nitrogen and oxygen atoms in total. The first-order valence-corrected chi connectivity index (χ1v) is 9.14. The SMILES string of the molecule is O=C(CCOCC(F)(F)F)NCc1ccccc1CN1CCCCCC1. The molecule has 0 bridgehead atoms. The van der Waals surface area contributed by atoms with Crippen molar-refractivity contribution in [2.75, 3.05) is 26.3 Å². The van der Waals surface area contributed by atoms with Crippen molar-refractivity contribution in [3.05, 3.63) is 35.4 Å². The van der Waals surface area contributed by atoms with Gasteiger partial charge in [-0.15, -0.1) is 0 Å². The molecule has 0 aliphatic carbocycles. The molecule has 0 aromatic heterocycles. The second-order valence-electron chi connectivity index (χ2n) is 6.65. The molecule has 1 N–H and O–H groups in total. The zero-order valence-corrected chi connectivity index (χ0v) is 15.0. The van der Waals surface area contributed by atoms with Crippen molar-refractivity contribution in [2.45, 2.75) is 51.4 Å². The summed E-state index contributed by atoms with van der Waals surface area (Å²) in [6.45, 7) is 1.87. The van der Waals surface area contributed by atoms with E-state index in [1.165, 1.54) is 31.2 Å². The third kappa shape index (κ3) is 8.19. The van der Waals surface area contributed by atoms with Gasteiger partial charge in [0, 0.05) is 19.5 Å². The maximum absolute atomic E-state index is 12.0. The lowest BCUT2D eigenvalue weighted by Crippen LogP contribution is -2.27. The van der Waals surface area contributed by atoms with Gasteiger partial charge < -0.3 is 10.1 Å². The number of likely N-dealkylation sites (tertiary alicyclic amines) is 1. The standard InChI is InChI=1S/C19H27F3N2O2/c20-19(21,22)15-26-12-9-18(25)23-13-16-7-3-4-8-17(16)14-24-10-5-1-2-6-11-24/h3-4,7-8H,1-2,5-6,9-15H2,(H,23,25). The Morgan fingerprint density at radius 2 is 1.73 bits per heavy atom. The summed E-state index contributed by atoms with van der Waals surface area (Å²) in [6, 6.07) is 7.97. The minimum absolute atomic E-state index is 0.0790. The minimum atomic E-state index is -4.36. The van der Waals surface area contributed by atoms with Crippen molar-refractivity contribution in [3.63, 3.8) is 0 Å². The average Bonchev–Trinajstić information content (AvgIpc) is 2.86. The van der Waals surface area contributed by atoms with E-state index >= 15 is 0 Å². The number of benzene rings is 1. The number of nitrogens with zero attached hydrogens (tertiary/aromatic N) is 1. The van der Waals surface area contributed by atoms with E-state index in [0.717, 1.165) is 25.2 Å². The second-order valence-corrected chi connectivity index (χ2v) is 6.65. The summed E-state index contributed by atoms with van der Waals surface area (Å²) in [4.78, 5) is 14.2. The van der Waals surface area contributed by atoms with Gasteiger partial charge in [0.2, 0.25) is 5.91 Å². The number of halogens is 3. The summed E-state index contributed by atoms with van der Waals surface area (Å²) >= 11 is 0. The summed E-state index contributed by atoms with van der Waals surface area (Å²) in [5, 5.41) is 2.77. The van der Waals surface area contributed by atoms with E-state index < -0.39 is 12.8 Å². The lowest BCUT2D eigenvalue weighted by Gasteiger charge is -2.21. The number of hydrogen-bond acceptors (Lipinski definition) is 3. The number of nitrogens with one attached hydrogen (secondary N) is 1. The molecule has 1 aliphatic rings. The highest BCUT2D eigenvalue weighted by Gasteiger charge is 2.27. The van der Waals surface area contributed by atoms with E-state index in [1.54, 1.807) is 0 Å². The van der Waals surface area contributed by atoms with Gasteiger partial charge >= 0.3 is 6.18 Å². The van der Waals surface area contributed by atoms with Gasteiger partial charge in [-0.2, -0.15) is 13.2 Å². The smallest absolute Gasteiger partial charge is 0.372 e. The Hall–Kier alpha value is -1.60. The second kappa shape index (κ2) is 10.5. The van der Waals surface area contributed by atoms with Crippen LogP contribution in [0.1, 0.15) is 43.2 Å². The Morgan fingerprint density at radius 3 is 2.38 bits per heavy atom. The fourth-order valence-electron chi connectivity index (χ4n) is 3.05. The molecule has 146 valence electrons. The molecule has 0 atom stereocenters. The molecule has 1 aromatic rings. The molecule has 0 saturated carbocycles. The van der Waals surface area contributed by atoms with Gasteiger partial charge in [0.15, 0.2) is 0 Å². The van der Waals surface area contributed by atoms with Gasteiger partial charge in [-0.05, 0) is 37.1 Å². The van der Waals surface area contributed by atoms with E-state index in [1.807, 2.05) is 18.2 Å². The zero-order chi connectivity index (χ0) is 18.8. The van der Waals surface area contributed by atoms with E-state index in [-0.39, 0.29) is 18.9 Å². The third-order valence-electron chi connectivity index (χ3n) is 4.43. The first kappa shape index (κ1) is 20.7. The molecule has 26 heavy (non-hydrogen) atoms. The van der Waals surface area contributed by atoms with Gasteiger partial charge in [0.25, 0.3) is 0 Å². The van der Waals surface area contributed by atoms with Crippen LogP contribution >= 0.6 is 0 Å². The third-order valence-corrected chi connectivity index (χ3v) is 4.43. The predicted molar refractivity (Wildman–Crippen MR) is 93.5 cm³/mol. The van der Waals surface area contributed by atoms with Crippen molar-refractivity contribution in [2.24, 2.45) is 0 Å². The molecule has 0 spiro atoms. The maximum atomic E-state index is 12.0. The molecule has 0 radical (unpaired) electrons. The zero-order valence-electron chi connectivity index (χ0n) is 15.0. The minimum Gasteiger partial charge on any atom is -0.372 e. The van der Waals surface area contributed by atoms with Crippen LogP contribution in [0.5, 0.6) is 0 Å². The first-order valence-electron chi connectivity index (χ1n) is 9.14. The van der Waals surface area contributed by atoms with Gasteiger partial charge in [0.05, 0.1) is 6.61 Å². The van der Waals surface area contributed by atoms with Gasteiger partial charge in [-0.3, -0.25) is 9.69 Å². The molecule has 1 aromatic carbocycles. The number of carbonyl (C=O) groups excluding carboxylic acids is 1. The van der Waals surface area contributed by atoms with Crippen LogP contribution in [-0.2, 0) is 22.6 Å². The Bertz CT molecular complexity index is 556. The van der Waals surface area contributed by atoms with Crippen molar-refractivity contribution in [3.8, 4) is 0 Å². The van der Waals surface area contributed by atoms with Crippen molar-refractivity contribution < 1.29 is 22.7 Å². The van der Waals surface area contributed by atoms with Crippen LogP contribution in [0.25, 0.3) is 0 Å². The Labute approximate surface area is 152 Å². The predicted octanol–water partition coefficient (Wildman–Crippen LogP) is 3.65. The summed E-state index contributed by atoms with van der Waals surface area (Å²) < 4.78 is 40.4. The monoisotopic (exact) mass is 372 g/mol. The van der Waals surface area contributed by atoms with E-state index in [4.69, 9.17) is 0 Å². The molecule has 1 fully saturated rings. The van der Waals surface area contributed by atoms with Crippen molar-refractivity contribution >= 4 is 5.91 Å². The maximum Gasteiger partial charge on any atom is 0.411 e. The quantitative estimate of drug-likeness (QED) is 0.709. The number of alkyl halides is 3. The Kier molecular flexibility index (Phi) is 8.38. The molecule has 7 heteroatoms. The Balaban J connectivity index is 1.77. The summed E-state index contributed by atoms with van der Waals surface area (Å²) in [7, 11) is 0. The topological polar surface area (TPSA) is 41.6 Å². The van der Waals surface area contributed by atoms with Gasteiger partial charge in [-0.25, -0.2) is 0 Å². The normalized spacial score (nSPS) is 16.3. The lowest BCUT2D eigenvalue weighted by atomic mass is 10.1. The lowest BCUT2D eigenvalue weighted by molar-refractivity contribution is -0.174. The number of amides is 1. The van der Waals surface area contributed by atoms with E-state index in [2.05, 4.69) is 21.0 Å². The van der Waals surface area contributed by atoms with Crippen molar-refractivity contribution in [1.82, 2.24) is 10.2 Å². The van der Waals surface area contributed by atoms with Crippen molar-refractivity contribution in [1.29, 1.82) is 0 Å². The largest absolute Gasteiger partial charge is 0.411 e.